The monoisotopic (exact) mass is 224 g/mol. The number of aromatic amines is 1. The Bertz CT molecular complexity index is 365. The lowest BCUT2D eigenvalue weighted by Gasteiger charge is -2.12. The predicted molar refractivity (Wildman–Crippen MR) is 46.8 cm³/mol. The van der Waals surface area contributed by atoms with Crippen molar-refractivity contribution in [1.82, 2.24) is 20.2 Å². The number of rotatable bonds is 4. The summed E-state index contributed by atoms with van der Waals surface area (Å²) >= 11 is 4.78. The molecule has 0 aliphatic rings. The molecule has 1 N–H and O–H groups in total. The van der Waals surface area contributed by atoms with Gasteiger partial charge in [0.15, 0.2) is 0 Å². The smallest absolute Gasteiger partial charge is 0.311 e. The summed E-state index contributed by atoms with van der Waals surface area (Å²) in [6.07, 6.45) is -0.0220. The third-order valence-corrected chi connectivity index (χ3v) is 3.45. The van der Waals surface area contributed by atoms with Crippen LogP contribution in [0.2, 0.25) is 0 Å². The lowest BCUT2D eigenvalue weighted by Crippen LogP contribution is -2.04. The maximum Gasteiger partial charge on any atom is 0.351 e. The van der Waals surface area contributed by atoms with E-state index >= 15 is 0 Å². The first-order chi connectivity index (χ1) is 6.11. The van der Waals surface area contributed by atoms with Crippen LogP contribution >= 0.6 is 19.8 Å². The van der Waals surface area contributed by atoms with Crippen LogP contribution < -0.4 is 0 Å². The van der Waals surface area contributed by atoms with Crippen molar-refractivity contribution in [3.63, 3.8) is 0 Å². The molecule has 0 unspecified atom stereocenters. The third kappa shape index (κ3) is 2.44. The Morgan fingerprint density at radius 1 is 1.62 bits per heavy atom. The highest BCUT2D eigenvalue weighted by Crippen LogP contribution is 2.47. The number of aromatic nitrogens is 4. The molecule has 1 aromatic heterocycles. The standard InChI is InChI=1S/C4H9N4O3PS/c1-10-12(9,11-2)3-8-4(13)5-6-7-8/h3H2,1-2H3,(H,5,7,13). The molecule has 0 aliphatic carbocycles. The van der Waals surface area contributed by atoms with Gasteiger partial charge < -0.3 is 9.05 Å². The van der Waals surface area contributed by atoms with E-state index in [0.717, 1.165) is 0 Å². The fourth-order valence-electron chi connectivity index (χ4n) is 0.671. The van der Waals surface area contributed by atoms with Crippen molar-refractivity contribution >= 4 is 19.8 Å². The topological polar surface area (TPSA) is 82.0 Å². The van der Waals surface area contributed by atoms with E-state index in [0.29, 0.717) is 0 Å². The Hall–Kier alpha value is -0.560. The molecule has 0 saturated heterocycles. The maximum absolute atomic E-state index is 11.6. The van der Waals surface area contributed by atoms with Crippen molar-refractivity contribution in [2.75, 3.05) is 14.2 Å². The zero-order valence-electron chi connectivity index (χ0n) is 7.13. The van der Waals surface area contributed by atoms with Crippen molar-refractivity contribution in [3.05, 3.63) is 4.77 Å². The summed E-state index contributed by atoms with van der Waals surface area (Å²) in [5, 5.41) is 9.38. The Balaban J connectivity index is 2.85. The molecule has 0 spiro atoms. The summed E-state index contributed by atoms with van der Waals surface area (Å²) in [6.45, 7) is 0. The summed E-state index contributed by atoms with van der Waals surface area (Å²) in [5.41, 5.74) is 0. The normalized spacial score (nSPS) is 11.8. The summed E-state index contributed by atoms with van der Waals surface area (Å²) in [5.74, 6) is 0. The van der Waals surface area contributed by atoms with Gasteiger partial charge in [0.05, 0.1) is 0 Å². The average molecular weight is 224 g/mol. The summed E-state index contributed by atoms with van der Waals surface area (Å²) in [6, 6.07) is 0. The molecule has 0 amide bonds. The summed E-state index contributed by atoms with van der Waals surface area (Å²) in [4.78, 5) is 0. The predicted octanol–water partition coefficient (Wildman–Crippen LogP) is 0.779. The van der Waals surface area contributed by atoms with Crippen LogP contribution in [0.3, 0.4) is 0 Å². The number of hydrogen-bond acceptors (Lipinski definition) is 6. The zero-order valence-corrected chi connectivity index (χ0v) is 8.84. The zero-order chi connectivity index (χ0) is 9.90. The number of tetrazole rings is 1. The highest BCUT2D eigenvalue weighted by Gasteiger charge is 2.22. The largest absolute Gasteiger partial charge is 0.351 e. The van der Waals surface area contributed by atoms with Crippen LogP contribution in [0.15, 0.2) is 0 Å². The molecule has 7 nitrogen and oxygen atoms in total. The van der Waals surface area contributed by atoms with E-state index < -0.39 is 7.60 Å². The Labute approximate surface area is 79.6 Å². The van der Waals surface area contributed by atoms with Crippen molar-refractivity contribution in [2.24, 2.45) is 0 Å². The van der Waals surface area contributed by atoms with Crippen molar-refractivity contribution in [3.8, 4) is 0 Å². The second kappa shape index (κ2) is 4.10. The minimum absolute atomic E-state index is 0.0220. The van der Waals surface area contributed by atoms with Crippen LogP contribution in [0.25, 0.3) is 0 Å². The van der Waals surface area contributed by atoms with Gasteiger partial charge in [0.25, 0.3) is 0 Å². The third-order valence-electron chi connectivity index (χ3n) is 1.40. The molecule has 1 heterocycles. The van der Waals surface area contributed by atoms with Gasteiger partial charge in [-0.25, -0.2) is 4.68 Å². The first-order valence-electron chi connectivity index (χ1n) is 3.30. The van der Waals surface area contributed by atoms with Gasteiger partial charge in [-0.15, -0.1) is 0 Å². The first kappa shape index (κ1) is 10.5. The van der Waals surface area contributed by atoms with Gasteiger partial charge in [0.2, 0.25) is 4.77 Å². The molecule has 0 fully saturated rings. The van der Waals surface area contributed by atoms with Crippen LogP contribution in [-0.2, 0) is 19.9 Å². The Morgan fingerprint density at radius 2 is 2.23 bits per heavy atom. The number of nitrogens with one attached hydrogen (secondary N) is 1. The molecule has 0 aliphatic heterocycles. The van der Waals surface area contributed by atoms with Gasteiger partial charge in [0.1, 0.15) is 6.29 Å². The van der Waals surface area contributed by atoms with Crippen molar-refractivity contribution in [1.29, 1.82) is 0 Å². The second-order valence-corrected chi connectivity index (χ2v) is 4.73. The number of H-pyrrole nitrogens is 1. The fraction of sp³-hybridized carbons (Fsp3) is 0.750. The van der Waals surface area contributed by atoms with Crippen molar-refractivity contribution in [2.45, 2.75) is 6.29 Å². The molecule has 0 aromatic carbocycles. The lowest BCUT2D eigenvalue weighted by molar-refractivity contribution is 0.266. The minimum atomic E-state index is -3.11. The molecule has 0 saturated carbocycles. The molecule has 9 heteroatoms. The highest BCUT2D eigenvalue weighted by molar-refractivity contribution is 7.71. The van der Waals surface area contributed by atoms with Gasteiger partial charge in [-0.05, 0) is 12.2 Å². The number of hydrogen-bond donors (Lipinski definition) is 1. The van der Waals surface area contributed by atoms with E-state index in [1.54, 1.807) is 0 Å². The van der Waals surface area contributed by atoms with Gasteiger partial charge in [-0.2, -0.15) is 5.21 Å². The molecule has 74 valence electrons. The fourth-order valence-corrected chi connectivity index (χ4v) is 1.84. The minimum Gasteiger partial charge on any atom is -0.311 e. The van der Waals surface area contributed by atoms with Crippen LogP contribution in [0, 0.1) is 4.77 Å². The average Bonchev–Trinajstić information content (AvgIpc) is 2.52. The van der Waals surface area contributed by atoms with E-state index in [4.69, 9.17) is 21.3 Å². The highest BCUT2D eigenvalue weighted by atomic mass is 32.1. The van der Waals surface area contributed by atoms with E-state index in [1.807, 2.05) is 0 Å². The van der Waals surface area contributed by atoms with Crippen LogP contribution in [-0.4, -0.2) is 34.4 Å². The molecular weight excluding hydrogens is 215 g/mol. The summed E-state index contributed by atoms with van der Waals surface area (Å²) < 4.78 is 22.5. The van der Waals surface area contributed by atoms with E-state index in [9.17, 15) is 4.57 Å². The van der Waals surface area contributed by atoms with Crippen LogP contribution in [0.1, 0.15) is 0 Å². The second-order valence-electron chi connectivity index (χ2n) is 2.13. The van der Waals surface area contributed by atoms with Gasteiger partial charge >= 0.3 is 7.60 Å². The van der Waals surface area contributed by atoms with Gasteiger partial charge in [0, 0.05) is 14.2 Å². The van der Waals surface area contributed by atoms with Gasteiger partial charge in [-0.3, -0.25) is 4.57 Å². The molecule has 0 bridgehead atoms. The van der Waals surface area contributed by atoms with Crippen LogP contribution in [0.5, 0.6) is 0 Å². The molecular formula is C4H9N4O3PS. The summed E-state index contributed by atoms with van der Waals surface area (Å²) in [7, 11) is -0.505. The van der Waals surface area contributed by atoms with E-state index in [2.05, 4.69) is 15.5 Å². The molecule has 0 radical (unpaired) electrons. The molecule has 0 atom stereocenters. The first-order valence-corrected chi connectivity index (χ1v) is 5.43. The van der Waals surface area contributed by atoms with E-state index in [1.165, 1.54) is 18.9 Å². The van der Waals surface area contributed by atoms with Gasteiger partial charge in [-0.1, -0.05) is 10.3 Å². The van der Waals surface area contributed by atoms with E-state index in [-0.39, 0.29) is 11.1 Å². The number of nitrogens with zero attached hydrogens (tertiary/aromatic N) is 3. The maximum atomic E-state index is 11.6. The molecule has 1 aromatic rings. The SMILES string of the molecule is COP(=O)(Cn1[nH]nnc1=S)OC. The van der Waals surface area contributed by atoms with Crippen LogP contribution in [0.4, 0.5) is 0 Å². The van der Waals surface area contributed by atoms with Crippen molar-refractivity contribution < 1.29 is 13.6 Å². The Morgan fingerprint density at radius 3 is 2.62 bits per heavy atom. The molecule has 13 heavy (non-hydrogen) atoms. The molecule has 1 rings (SSSR count). The quantitative estimate of drug-likeness (QED) is 0.601. The lowest BCUT2D eigenvalue weighted by atomic mass is 11.2. The Kier molecular flexibility index (Phi) is 3.32.